The van der Waals surface area contributed by atoms with E-state index in [2.05, 4.69) is 26.4 Å². The number of hydrogen-bond donors (Lipinski definition) is 1. The highest BCUT2D eigenvalue weighted by Crippen LogP contribution is 2.16. The predicted octanol–water partition coefficient (Wildman–Crippen LogP) is 2.59. The van der Waals surface area contributed by atoms with Gasteiger partial charge in [0.25, 0.3) is 0 Å². The Kier molecular flexibility index (Phi) is 4.00. The smallest absolute Gasteiger partial charge is 0.226 e. The molecule has 6 nitrogen and oxygen atoms in total. The molecule has 0 fully saturated rings. The average Bonchev–Trinajstić information content (AvgIpc) is 3.00. The number of para-hydroxylation sites is 1. The Bertz CT molecular complexity index is 768. The zero-order chi connectivity index (χ0) is 15.4. The van der Waals surface area contributed by atoms with E-state index >= 15 is 0 Å². The molecular formula is C16H17N5O. The van der Waals surface area contributed by atoms with Gasteiger partial charge >= 0.3 is 0 Å². The van der Waals surface area contributed by atoms with Crippen LogP contribution in [0.1, 0.15) is 11.3 Å². The number of rotatable bonds is 5. The lowest BCUT2D eigenvalue weighted by molar-refractivity contribution is 0.397. The molecule has 0 saturated heterocycles. The van der Waals surface area contributed by atoms with Gasteiger partial charge in [-0.15, -0.1) is 0 Å². The fraction of sp³-hybridized carbons (Fsp3) is 0.188. The van der Waals surface area contributed by atoms with E-state index in [0.717, 1.165) is 16.9 Å². The van der Waals surface area contributed by atoms with E-state index in [1.807, 2.05) is 42.1 Å². The van der Waals surface area contributed by atoms with Crippen molar-refractivity contribution in [3.05, 3.63) is 60.0 Å². The van der Waals surface area contributed by atoms with Crippen molar-refractivity contribution in [1.82, 2.24) is 19.7 Å². The summed E-state index contributed by atoms with van der Waals surface area (Å²) in [6.07, 6.45) is 3.62. The van der Waals surface area contributed by atoms with Gasteiger partial charge in [0, 0.05) is 25.0 Å². The van der Waals surface area contributed by atoms with E-state index in [4.69, 9.17) is 4.74 Å². The minimum Gasteiger partial charge on any atom is -0.481 e. The molecule has 1 aromatic carbocycles. The fourth-order valence-electron chi connectivity index (χ4n) is 2.15. The molecule has 3 rings (SSSR count). The van der Waals surface area contributed by atoms with Gasteiger partial charge < -0.3 is 10.1 Å². The monoisotopic (exact) mass is 295 g/mol. The van der Waals surface area contributed by atoms with Gasteiger partial charge in [-0.05, 0) is 24.6 Å². The fourth-order valence-corrected chi connectivity index (χ4v) is 2.15. The van der Waals surface area contributed by atoms with Crippen molar-refractivity contribution in [2.24, 2.45) is 0 Å². The van der Waals surface area contributed by atoms with Crippen LogP contribution < -0.4 is 10.1 Å². The second-order valence-electron chi connectivity index (χ2n) is 4.81. The Balaban J connectivity index is 1.81. The van der Waals surface area contributed by atoms with Crippen LogP contribution in [-0.4, -0.2) is 26.9 Å². The standard InChI is InChI=1S/C16H17N5O/c1-12-8-10-21(20-12)14-6-4-3-5-13(14)11-18-16-17-9-7-15(19-16)22-2/h3-10H,11H2,1-2H3,(H,17,18,19). The first-order valence-electron chi connectivity index (χ1n) is 6.98. The number of methoxy groups -OCH3 is 1. The Labute approximate surface area is 128 Å². The summed E-state index contributed by atoms with van der Waals surface area (Å²) in [5.74, 6) is 1.07. The summed E-state index contributed by atoms with van der Waals surface area (Å²) in [5, 5.41) is 7.67. The molecule has 0 unspecified atom stereocenters. The maximum atomic E-state index is 5.10. The van der Waals surface area contributed by atoms with E-state index in [1.54, 1.807) is 19.4 Å². The summed E-state index contributed by atoms with van der Waals surface area (Å²) in [6, 6.07) is 11.8. The third-order valence-electron chi connectivity index (χ3n) is 3.24. The summed E-state index contributed by atoms with van der Waals surface area (Å²) < 4.78 is 6.97. The summed E-state index contributed by atoms with van der Waals surface area (Å²) in [4.78, 5) is 8.43. The van der Waals surface area contributed by atoms with Crippen LogP contribution in [0.25, 0.3) is 5.69 Å². The van der Waals surface area contributed by atoms with Crippen molar-refractivity contribution in [1.29, 1.82) is 0 Å². The molecule has 112 valence electrons. The van der Waals surface area contributed by atoms with E-state index in [0.29, 0.717) is 18.4 Å². The lowest BCUT2D eigenvalue weighted by Crippen LogP contribution is -2.08. The van der Waals surface area contributed by atoms with Gasteiger partial charge in [0.2, 0.25) is 11.8 Å². The van der Waals surface area contributed by atoms with Crippen molar-refractivity contribution in [3.8, 4) is 11.6 Å². The zero-order valence-electron chi connectivity index (χ0n) is 12.5. The van der Waals surface area contributed by atoms with Gasteiger partial charge in [0.15, 0.2) is 0 Å². The molecule has 0 bridgehead atoms. The quantitative estimate of drug-likeness (QED) is 0.783. The van der Waals surface area contributed by atoms with Crippen LogP contribution in [-0.2, 0) is 6.54 Å². The van der Waals surface area contributed by atoms with Crippen molar-refractivity contribution < 1.29 is 4.74 Å². The number of anilines is 1. The summed E-state index contributed by atoms with van der Waals surface area (Å²) in [5.41, 5.74) is 3.13. The molecule has 0 aliphatic carbocycles. The number of hydrogen-bond acceptors (Lipinski definition) is 5. The van der Waals surface area contributed by atoms with Gasteiger partial charge in [-0.25, -0.2) is 9.67 Å². The third-order valence-corrected chi connectivity index (χ3v) is 3.24. The second kappa shape index (κ2) is 6.26. The first-order chi connectivity index (χ1) is 10.8. The molecule has 0 amide bonds. The van der Waals surface area contributed by atoms with E-state index in [9.17, 15) is 0 Å². The molecule has 1 N–H and O–H groups in total. The molecular weight excluding hydrogens is 278 g/mol. The average molecular weight is 295 g/mol. The van der Waals surface area contributed by atoms with Gasteiger partial charge in [0.05, 0.1) is 18.5 Å². The number of ether oxygens (including phenoxy) is 1. The van der Waals surface area contributed by atoms with Gasteiger partial charge in [-0.2, -0.15) is 10.1 Å². The minimum absolute atomic E-state index is 0.533. The highest BCUT2D eigenvalue weighted by atomic mass is 16.5. The number of benzene rings is 1. The van der Waals surface area contributed by atoms with Crippen molar-refractivity contribution >= 4 is 5.95 Å². The molecule has 0 saturated carbocycles. The summed E-state index contributed by atoms with van der Waals surface area (Å²) >= 11 is 0. The Morgan fingerprint density at radius 3 is 2.82 bits per heavy atom. The minimum atomic E-state index is 0.533. The van der Waals surface area contributed by atoms with Crippen LogP contribution in [0.5, 0.6) is 5.88 Å². The second-order valence-corrected chi connectivity index (χ2v) is 4.81. The number of aryl methyl sites for hydroxylation is 1. The van der Waals surface area contributed by atoms with Crippen LogP contribution in [0.2, 0.25) is 0 Å². The van der Waals surface area contributed by atoms with Crippen LogP contribution in [0.4, 0.5) is 5.95 Å². The molecule has 0 aliphatic rings. The molecule has 22 heavy (non-hydrogen) atoms. The molecule has 0 radical (unpaired) electrons. The largest absolute Gasteiger partial charge is 0.481 e. The van der Waals surface area contributed by atoms with Gasteiger partial charge in [-0.1, -0.05) is 18.2 Å². The Morgan fingerprint density at radius 1 is 1.18 bits per heavy atom. The molecule has 2 aromatic heterocycles. The number of aromatic nitrogens is 4. The predicted molar refractivity (Wildman–Crippen MR) is 84.2 cm³/mol. The summed E-state index contributed by atoms with van der Waals surface area (Å²) in [6.45, 7) is 2.57. The lowest BCUT2D eigenvalue weighted by Gasteiger charge is -2.11. The molecule has 6 heteroatoms. The highest BCUT2D eigenvalue weighted by molar-refractivity contribution is 5.42. The zero-order valence-corrected chi connectivity index (χ0v) is 12.5. The molecule has 3 aromatic rings. The molecule has 0 atom stereocenters. The maximum Gasteiger partial charge on any atom is 0.226 e. The SMILES string of the molecule is COc1ccnc(NCc2ccccc2-n2ccc(C)n2)n1. The van der Waals surface area contributed by atoms with Gasteiger partial charge in [0.1, 0.15) is 0 Å². The van der Waals surface area contributed by atoms with E-state index in [1.165, 1.54) is 0 Å². The topological polar surface area (TPSA) is 64.9 Å². The van der Waals surface area contributed by atoms with Crippen molar-refractivity contribution in [2.45, 2.75) is 13.5 Å². The Morgan fingerprint density at radius 2 is 2.05 bits per heavy atom. The number of nitrogens with zero attached hydrogens (tertiary/aromatic N) is 4. The molecule has 2 heterocycles. The highest BCUT2D eigenvalue weighted by Gasteiger charge is 2.06. The third kappa shape index (κ3) is 3.06. The molecule has 0 spiro atoms. The van der Waals surface area contributed by atoms with Crippen LogP contribution in [0.3, 0.4) is 0 Å². The first-order valence-corrected chi connectivity index (χ1v) is 6.98. The Hall–Kier alpha value is -2.89. The van der Waals surface area contributed by atoms with Crippen LogP contribution in [0.15, 0.2) is 48.8 Å². The molecule has 0 aliphatic heterocycles. The lowest BCUT2D eigenvalue weighted by atomic mass is 10.2. The summed E-state index contributed by atoms with van der Waals surface area (Å²) in [7, 11) is 1.58. The van der Waals surface area contributed by atoms with Crippen molar-refractivity contribution in [2.75, 3.05) is 12.4 Å². The normalized spacial score (nSPS) is 10.5. The van der Waals surface area contributed by atoms with Crippen molar-refractivity contribution in [3.63, 3.8) is 0 Å². The number of nitrogens with one attached hydrogen (secondary N) is 1. The van der Waals surface area contributed by atoms with Gasteiger partial charge in [-0.3, -0.25) is 0 Å². The van der Waals surface area contributed by atoms with E-state index < -0.39 is 0 Å². The first kappa shape index (κ1) is 14.1. The maximum absolute atomic E-state index is 5.10. The van der Waals surface area contributed by atoms with Crippen LogP contribution in [0, 0.1) is 6.92 Å². The van der Waals surface area contributed by atoms with Crippen LogP contribution >= 0.6 is 0 Å². The van der Waals surface area contributed by atoms with E-state index in [-0.39, 0.29) is 0 Å².